The van der Waals surface area contributed by atoms with Gasteiger partial charge in [-0.15, -0.1) is 0 Å². The van der Waals surface area contributed by atoms with Crippen LogP contribution in [0.15, 0.2) is 0 Å². The van der Waals surface area contributed by atoms with Crippen molar-refractivity contribution in [2.24, 2.45) is 17.4 Å². The van der Waals surface area contributed by atoms with Crippen LogP contribution in [0.5, 0.6) is 0 Å². The van der Waals surface area contributed by atoms with Gasteiger partial charge in [0.2, 0.25) is 0 Å². The molecule has 1 unspecified atom stereocenters. The Kier molecular flexibility index (Phi) is 7.33. The van der Waals surface area contributed by atoms with Crippen molar-refractivity contribution >= 4 is 23.3 Å². The van der Waals surface area contributed by atoms with E-state index in [4.69, 9.17) is 26.8 Å². The first-order valence-electron chi connectivity index (χ1n) is 7.71. The van der Waals surface area contributed by atoms with Gasteiger partial charge in [0.15, 0.2) is 0 Å². The summed E-state index contributed by atoms with van der Waals surface area (Å²) in [5.74, 6) is -2.04. The van der Waals surface area contributed by atoms with E-state index in [1.54, 1.807) is 6.07 Å². The van der Waals surface area contributed by atoms with Crippen molar-refractivity contribution < 1.29 is 28.4 Å². The molecule has 0 aromatic carbocycles. The summed E-state index contributed by atoms with van der Waals surface area (Å²) in [6, 6.07) is 0.696. The van der Waals surface area contributed by atoms with E-state index >= 15 is 0 Å². The van der Waals surface area contributed by atoms with Gasteiger partial charge in [0.25, 0.3) is 10.2 Å². The third-order valence-electron chi connectivity index (χ3n) is 4.51. The molecule has 13 heteroatoms. The zero-order valence-corrected chi connectivity index (χ0v) is 14.8. The van der Waals surface area contributed by atoms with Crippen molar-refractivity contribution in [1.82, 2.24) is 8.61 Å². The smallest absolute Gasteiger partial charge is 0.451 e. The number of aliphatic carboxylic acids is 1. The molecule has 3 atom stereocenters. The maximum Gasteiger partial charge on any atom is 0.451 e. The first-order valence-corrected chi connectivity index (χ1v) is 9.11. The summed E-state index contributed by atoms with van der Waals surface area (Å²) < 4.78 is 27.0. The minimum atomic E-state index is -4.12. The van der Waals surface area contributed by atoms with Crippen molar-refractivity contribution in [2.45, 2.75) is 30.7 Å². The Morgan fingerprint density at radius 1 is 1.56 bits per heavy atom. The SMILES string of the molecule is CN(C(C#N)CN)S(=O)(=O)N1C[C@H](CCCB(O)O)[C@](N)(C(=O)O)C1. The number of hydrogen-bond acceptors (Lipinski definition) is 8. The van der Waals surface area contributed by atoms with E-state index in [9.17, 15) is 18.3 Å². The summed E-state index contributed by atoms with van der Waals surface area (Å²) >= 11 is 0. The molecule has 0 aliphatic carbocycles. The van der Waals surface area contributed by atoms with Gasteiger partial charge in [-0.2, -0.15) is 22.3 Å². The predicted molar refractivity (Wildman–Crippen MR) is 89.0 cm³/mol. The molecule has 1 saturated heterocycles. The lowest BCUT2D eigenvalue weighted by atomic mass is 9.78. The van der Waals surface area contributed by atoms with Crippen LogP contribution in [0.1, 0.15) is 12.8 Å². The summed E-state index contributed by atoms with van der Waals surface area (Å²) in [7, 11) is -4.44. The average molecular weight is 377 g/mol. The van der Waals surface area contributed by atoms with Gasteiger partial charge in [-0.25, -0.2) is 0 Å². The fraction of sp³-hybridized carbons (Fsp3) is 0.833. The van der Waals surface area contributed by atoms with Crippen molar-refractivity contribution in [2.75, 3.05) is 26.7 Å². The van der Waals surface area contributed by atoms with E-state index < -0.39 is 47.3 Å². The van der Waals surface area contributed by atoms with E-state index in [-0.39, 0.29) is 32.3 Å². The van der Waals surface area contributed by atoms with Crippen molar-refractivity contribution in [3.8, 4) is 6.07 Å². The molecule has 0 aromatic rings. The highest BCUT2D eigenvalue weighted by atomic mass is 32.2. The minimum Gasteiger partial charge on any atom is -0.480 e. The summed E-state index contributed by atoms with van der Waals surface area (Å²) in [6.07, 6.45) is 0.527. The largest absolute Gasteiger partial charge is 0.480 e. The van der Waals surface area contributed by atoms with Gasteiger partial charge in [0.05, 0.1) is 6.07 Å². The first kappa shape index (κ1) is 21.8. The first-order chi connectivity index (χ1) is 11.5. The van der Waals surface area contributed by atoms with Gasteiger partial charge in [-0.1, -0.05) is 6.42 Å². The lowest BCUT2D eigenvalue weighted by Crippen LogP contribution is -2.56. The number of nitrogens with zero attached hydrogens (tertiary/aromatic N) is 3. The third kappa shape index (κ3) is 4.67. The molecule has 1 fully saturated rings. The average Bonchev–Trinajstić information content (AvgIpc) is 2.87. The molecule has 1 heterocycles. The Hall–Kier alpha value is -1.27. The molecule has 1 aliphatic rings. The van der Waals surface area contributed by atoms with Gasteiger partial charge in [-0.05, 0) is 12.7 Å². The minimum absolute atomic E-state index is 0.0303. The Labute approximate surface area is 147 Å². The molecule has 0 radical (unpaired) electrons. The number of hydrogen-bond donors (Lipinski definition) is 5. The second-order valence-electron chi connectivity index (χ2n) is 6.15. The van der Waals surface area contributed by atoms with Crippen LogP contribution in [0, 0.1) is 17.2 Å². The Bertz CT molecular complexity index is 626. The molecule has 7 N–H and O–H groups in total. The van der Waals surface area contributed by atoms with E-state index in [0.717, 1.165) is 8.61 Å². The third-order valence-corrected chi connectivity index (χ3v) is 6.42. The number of rotatable bonds is 9. The van der Waals surface area contributed by atoms with Crippen LogP contribution >= 0.6 is 0 Å². The molecule has 1 rings (SSSR count). The Morgan fingerprint density at radius 2 is 2.16 bits per heavy atom. The zero-order valence-electron chi connectivity index (χ0n) is 13.9. The molecule has 1 aliphatic heterocycles. The number of carboxylic acids is 1. The lowest BCUT2D eigenvalue weighted by molar-refractivity contribution is -0.144. The van der Waals surface area contributed by atoms with Crippen LogP contribution in [-0.2, 0) is 15.0 Å². The fourth-order valence-electron chi connectivity index (χ4n) is 2.83. The van der Waals surface area contributed by atoms with E-state index in [0.29, 0.717) is 0 Å². The summed E-state index contributed by atoms with van der Waals surface area (Å²) in [4.78, 5) is 11.6. The maximum atomic E-state index is 12.6. The van der Waals surface area contributed by atoms with E-state index in [2.05, 4.69) is 0 Å². The van der Waals surface area contributed by atoms with Gasteiger partial charge in [0, 0.05) is 32.6 Å². The van der Waals surface area contributed by atoms with Crippen LogP contribution in [0.4, 0.5) is 0 Å². The van der Waals surface area contributed by atoms with Crippen LogP contribution in [-0.4, -0.2) is 83.5 Å². The van der Waals surface area contributed by atoms with Gasteiger partial charge in [0.1, 0.15) is 11.6 Å². The van der Waals surface area contributed by atoms with E-state index in [1.807, 2.05) is 0 Å². The molecular weight excluding hydrogens is 353 g/mol. The summed E-state index contributed by atoms with van der Waals surface area (Å²) in [5.41, 5.74) is 9.55. The second-order valence-corrected chi connectivity index (χ2v) is 8.14. The summed E-state index contributed by atoms with van der Waals surface area (Å²) in [5, 5.41) is 36.2. The number of carbonyl (C=O) groups is 1. The molecule has 25 heavy (non-hydrogen) atoms. The molecular formula is C12H24BN5O6S. The summed E-state index contributed by atoms with van der Waals surface area (Å²) in [6.45, 7) is -0.783. The zero-order chi connectivity index (χ0) is 19.4. The molecule has 0 amide bonds. The highest BCUT2D eigenvalue weighted by Gasteiger charge is 2.53. The predicted octanol–water partition coefficient (Wildman–Crippen LogP) is -3.02. The van der Waals surface area contributed by atoms with Crippen LogP contribution in [0.3, 0.4) is 0 Å². The van der Waals surface area contributed by atoms with Crippen LogP contribution in [0.2, 0.25) is 6.32 Å². The lowest BCUT2D eigenvalue weighted by Gasteiger charge is -2.27. The number of nitrogens with two attached hydrogens (primary N) is 2. The Morgan fingerprint density at radius 3 is 2.60 bits per heavy atom. The highest BCUT2D eigenvalue weighted by Crippen LogP contribution is 2.33. The molecule has 142 valence electrons. The molecule has 11 nitrogen and oxygen atoms in total. The van der Waals surface area contributed by atoms with Gasteiger partial charge >= 0.3 is 13.1 Å². The van der Waals surface area contributed by atoms with Gasteiger partial charge in [-0.3, -0.25) is 4.79 Å². The van der Waals surface area contributed by atoms with Crippen molar-refractivity contribution in [3.63, 3.8) is 0 Å². The Balaban J connectivity index is 3.00. The normalized spacial score (nSPS) is 25.7. The fourth-order valence-corrected chi connectivity index (χ4v) is 4.40. The van der Waals surface area contributed by atoms with E-state index in [1.165, 1.54) is 7.05 Å². The molecule has 0 spiro atoms. The molecule has 0 saturated carbocycles. The number of nitriles is 1. The maximum absolute atomic E-state index is 12.6. The van der Waals surface area contributed by atoms with Crippen LogP contribution in [0.25, 0.3) is 0 Å². The van der Waals surface area contributed by atoms with Crippen molar-refractivity contribution in [1.29, 1.82) is 5.26 Å². The number of carboxylic acid groups (broad SMARTS) is 1. The van der Waals surface area contributed by atoms with Gasteiger partial charge < -0.3 is 26.6 Å². The standard InChI is InChI=1S/C12H24BN5O6S/c1-17(10(5-14)6-15)25(23,24)18-7-9(3-2-4-13(21)22)12(16,8-18)11(19)20/h9-10,21-22H,2-5,7-8,14,16H2,1H3,(H,19,20)/t9-,10?,12-/m0/s1. The molecule has 0 aromatic heterocycles. The van der Waals surface area contributed by atoms with Crippen LogP contribution < -0.4 is 11.5 Å². The highest BCUT2D eigenvalue weighted by molar-refractivity contribution is 7.86. The second kappa shape index (κ2) is 8.41. The monoisotopic (exact) mass is 377 g/mol. The van der Waals surface area contributed by atoms with Crippen molar-refractivity contribution in [3.05, 3.63) is 0 Å². The number of likely N-dealkylation sites (N-methyl/N-ethyl adjacent to an activating group) is 1. The molecule has 0 bridgehead atoms. The topological polar surface area (TPSA) is 194 Å². The quantitative estimate of drug-likeness (QED) is 0.260.